The second-order valence-electron chi connectivity index (χ2n) is 6.31. The van der Waals surface area contributed by atoms with Crippen molar-refractivity contribution in [2.75, 3.05) is 11.4 Å². The van der Waals surface area contributed by atoms with Crippen molar-refractivity contribution in [3.05, 3.63) is 60.9 Å². The van der Waals surface area contributed by atoms with Crippen LogP contribution in [0.4, 0.5) is 5.69 Å². The number of fused-ring (bicyclic) bond motifs is 3. The molecular weight excluding hydrogens is 332 g/mol. The van der Waals surface area contributed by atoms with Gasteiger partial charge in [-0.2, -0.15) is 0 Å². The molecule has 0 spiro atoms. The highest BCUT2D eigenvalue weighted by Crippen LogP contribution is 2.41. The molecule has 0 amide bonds. The minimum absolute atomic E-state index is 0.467. The van der Waals surface area contributed by atoms with Crippen LogP contribution in [0.2, 0.25) is 0 Å². The molecule has 1 unspecified atom stereocenters. The quantitative estimate of drug-likeness (QED) is 0.651. The summed E-state index contributed by atoms with van der Waals surface area (Å²) in [6.45, 7) is 1.12. The minimum atomic E-state index is 0.467. The summed E-state index contributed by atoms with van der Waals surface area (Å²) < 4.78 is 15.1. The first-order valence-electron chi connectivity index (χ1n) is 8.52. The molecule has 0 radical (unpaired) electrons. The van der Waals surface area contributed by atoms with Crippen LogP contribution in [0.5, 0.6) is 11.5 Å². The number of nitrogens with zero attached hydrogens (tertiary/aromatic N) is 1. The molecule has 1 saturated heterocycles. The molecule has 2 aliphatic rings. The first kappa shape index (κ1) is 14.9. The summed E-state index contributed by atoms with van der Waals surface area (Å²) in [6.07, 6.45) is 4.61. The van der Waals surface area contributed by atoms with Gasteiger partial charge in [-0.15, -0.1) is 0 Å². The monoisotopic (exact) mass is 350 g/mol. The van der Waals surface area contributed by atoms with Crippen molar-refractivity contribution in [3.63, 3.8) is 0 Å². The number of rotatable bonds is 3. The second-order valence-corrected chi connectivity index (χ2v) is 7.19. The Hall–Kier alpha value is -2.37. The van der Waals surface area contributed by atoms with E-state index < -0.39 is 0 Å². The summed E-state index contributed by atoms with van der Waals surface area (Å²) in [6, 6.07) is 18.2. The lowest BCUT2D eigenvalue weighted by atomic mass is 10.1. The summed E-state index contributed by atoms with van der Waals surface area (Å²) in [5, 5.41) is 0. The molecule has 0 saturated carbocycles. The third-order valence-electron chi connectivity index (χ3n) is 4.67. The van der Waals surface area contributed by atoms with Crippen molar-refractivity contribution >= 4 is 17.6 Å². The molecule has 4 nitrogen and oxygen atoms in total. The zero-order valence-electron chi connectivity index (χ0n) is 13.6. The Morgan fingerprint density at radius 1 is 1.08 bits per heavy atom. The van der Waals surface area contributed by atoms with E-state index in [1.54, 1.807) is 18.2 Å². The minimum Gasteiger partial charge on any atom is -0.464 e. The molecule has 2 aliphatic heterocycles. The molecule has 1 aromatic heterocycles. The van der Waals surface area contributed by atoms with E-state index in [2.05, 4.69) is 27.8 Å². The third-order valence-corrected chi connectivity index (χ3v) is 5.61. The lowest BCUT2D eigenvalue weighted by molar-refractivity contribution is 0.480. The fourth-order valence-corrected chi connectivity index (χ4v) is 4.45. The molecule has 2 aromatic carbocycles. The van der Waals surface area contributed by atoms with Gasteiger partial charge in [0.2, 0.25) is 0 Å². The zero-order valence-corrected chi connectivity index (χ0v) is 14.5. The van der Waals surface area contributed by atoms with Crippen LogP contribution < -0.4 is 14.4 Å². The van der Waals surface area contributed by atoms with Gasteiger partial charge in [-0.3, -0.25) is 0 Å². The van der Waals surface area contributed by atoms with E-state index in [-0.39, 0.29) is 0 Å². The Balaban J connectivity index is 1.41. The molecule has 0 aliphatic carbocycles. The molecule has 0 bridgehead atoms. The average molecular weight is 350 g/mol. The third kappa shape index (κ3) is 2.79. The standard InChI is InChI=1S/C20H18N2O2S/c1-4-14(18-6-3-11-23-18)12-15(5-1)24-16-8-9-17-19(13-16)25-21-20-7-2-10-22(17)20/h1,3-6,8-9,11-13,20-21H,2,7,10H2. The fraction of sp³-hybridized carbons (Fsp3) is 0.200. The van der Waals surface area contributed by atoms with E-state index in [1.807, 2.05) is 36.4 Å². The van der Waals surface area contributed by atoms with E-state index in [9.17, 15) is 0 Å². The van der Waals surface area contributed by atoms with Crippen LogP contribution in [0.25, 0.3) is 11.3 Å². The molecule has 1 fully saturated rings. The second kappa shape index (κ2) is 6.17. The Kier molecular flexibility index (Phi) is 3.68. The van der Waals surface area contributed by atoms with Crippen molar-refractivity contribution in [2.45, 2.75) is 23.9 Å². The van der Waals surface area contributed by atoms with Gasteiger partial charge in [-0.05, 0) is 67.3 Å². The first-order chi connectivity index (χ1) is 12.4. The van der Waals surface area contributed by atoms with Crippen LogP contribution >= 0.6 is 11.9 Å². The van der Waals surface area contributed by atoms with Gasteiger partial charge in [0.15, 0.2) is 0 Å². The number of hydrogen-bond donors (Lipinski definition) is 1. The van der Waals surface area contributed by atoms with Crippen LogP contribution in [0.15, 0.2) is 70.2 Å². The number of anilines is 1. The van der Waals surface area contributed by atoms with Crippen molar-refractivity contribution in [3.8, 4) is 22.8 Å². The molecule has 25 heavy (non-hydrogen) atoms. The summed E-state index contributed by atoms with van der Waals surface area (Å²) in [5.41, 5.74) is 2.32. The Bertz CT molecular complexity index is 894. The highest BCUT2D eigenvalue weighted by atomic mass is 32.2. The topological polar surface area (TPSA) is 37.6 Å². The van der Waals surface area contributed by atoms with Gasteiger partial charge in [0.25, 0.3) is 0 Å². The predicted octanol–water partition coefficient (Wildman–Crippen LogP) is 5.28. The van der Waals surface area contributed by atoms with Gasteiger partial charge in [0.05, 0.1) is 18.1 Å². The number of ether oxygens (including phenoxy) is 1. The smallest absolute Gasteiger partial charge is 0.133 e. The predicted molar refractivity (Wildman–Crippen MR) is 100 cm³/mol. The molecule has 3 aromatic rings. The van der Waals surface area contributed by atoms with E-state index in [0.717, 1.165) is 29.4 Å². The highest BCUT2D eigenvalue weighted by Gasteiger charge is 2.30. The van der Waals surface area contributed by atoms with Gasteiger partial charge in [0, 0.05) is 17.0 Å². The first-order valence-corrected chi connectivity index (χ1v) is 9.33. The fourth-order valence-electron chi connectivity index (χ4n) is 3.48. The normalized spacial score (nSPS) is 18.7. The summed E-state index contributed by atoms with van der Waals surface area (Å²) in [5.74, 6) is 2.50. The average Bonchev–Trinajstić information content (AvgIpc) is 3.33. The maximum Gasteiger partial charge on any atom is 0.133 e. The Labute approximate surface area is 150 Å². The SMILES string of the molecule is c1cc(Oc2ccc3c(c2)SNC2CCCN32)cc(-c2ccco2)c1. The van der Waals surface area contributed by atoms with Crippen LogP contribution in [0.3, 0.4) is 0 Å². The van der Waals surface area contributed by atoms with Gasteiger partial charge in [-0.25, -0.2) is 4.72 Å². The van der Waals surface area contributed by atoms with E-state index >= 15 is 0 Å². The number of furan rings is 1. The summed E-state index contributed by atoms with van der Waals surface area (Å²) in [4.78, 5) is 3.67. The van der Waals surface area contributed by atoms with Gasteiger partial charge < -0.3 is 14.1 Å². The molecule has 126 valence electrons. The van der Waals surface area contributed by atoms with E-state index in [1.165, 1.54) is 23.4 Å². The number of benzene rings is 2. The molecule has 3 heterocycles. The van der Waals surface area contributed by atoms with Gasteiger partial charge >= 0.3 is 0 Å². The lowest BCUT2D eigenvalue weighted by Crippen LogP contribution is -2.41. The van der Waals surface area contributed by atoms with Crippen molar-refractivity contribution in [1.29, 1.82) is 0 Å². The maximum atomic E-state index is 6.09. The summed E-state index contributed by atoms with van der Waals surface area (Å²) >= 11 is 1.70. The van der Waals surface area contributed by atoms with Crippen molar-refractivity contribution in [1.82, 2.24) is 4.72 Å². The zero-order chi connectivity index (χ0) is 16.6. The molecule has 5 heteroatoms. The van der Waals surface area contributed by atoms with Crippen LogP contribution in [0.1, 0.15) is 12.8 Å². The van der Waals surface area contributed by atoms with Gasteiger partial charge in [-0.1, -0.05) is 12.1 Å². The number of hydrogen-bond acceptors (Lipinski definition) is 5. The van der Waals surface area contributed by atoms with Crippen LogP contribution in [-0.4, -0.2) is 12.7 Å². The number of nitrogens with one attached hydrogen (secondary N) is 1. The van der Waals surface area contributed by atoms with E-state index in [0.29, 0.717) is 6.17 Å². The summed E-state index contributed by atoms with van der Waals surface area (Å²) in [7, 11) is 0. The van der Waals surface area contributed by atoms with Crippen molar-refractivity contribution in [2.24, 2.45) is 0 Å². The Morgan fingerprint density at radius 2 is 2.04 bits per heavy atom. The highest BCUT2D eigenvalue weighted by molar-refractivity contribution is 7.97. The van der Waals surface area contributed by atoms with Crippen molar-refractivity contribution < 1.29 is 9.15 Å². The molecule has 1 N–H and O–H groups in total. The molecule has 1 atom stereocenters. The largest absolute Gasteiger partial charge is 0.464 e. The Morgan fingerprint density at radius 3 is 2.96 bits per heavy atom. The molecular formula is C20H18N2O2S. The van der Waals surface area contributed by atoms with Gasteiger partial charge in [0.1, 0.15) is 17.3 Å². The molecule has 5 rings (SSSR count). The maximum absolute atomic E-state index is 6.09. The van der Waals surface area contributed by atoms with E-state index in [4.69, 9.17) is 9.15 Å². The van der Waals surface area contributed by atoms with Crippen LogP contribution in [-0.2, 0) is 0 Å². The lowest BCUT2D eigenvalue weighted by Gasteiger charge is -2.33. The van der Waals surface area contributed by atoms with Crippen LogP contribution in [0, 0.1) is 0 Å².